The molecule has 0 saturated carbocycles. The number of para-hydroxylation sites is 1. The molecular formula is C22H28N2O2S. The molecule has 27 heavy (non-hydrogen) atoms. The smallest absolute Gasteiger partial charge is 0.256 e. The third-order valence-corrected chi connectivity index (χ3v) is 6.98. The van der Waals surface area contributed by atoms with Crippen molar-refractivity contribution in [2.24, 2.45) is 11.3 Å². The Morgan fingerprint density at radius 2 is 2.00 bits per heavy atom. The molecule has 1 aliphatic carbocycles. The summed E-state index contributed by atoms with van der Waals surface area (Å²) in [6.07, 6.45) is 2.97. The molecule has 0 radical (unpaired) electrons. The summed E-state index contributed by atoms with van der Waals surface area (Å²) in [7, 11) is 0. The van der Waals surface area contributed by atoms with E-state index in [1.807, 2.05) is 31.2 Å². The zero-order chi connectivity index (χ0) is 19.2. The minimum Gasteiger partial charge on any atom is -0.493 e. The number of benzene rings is 1. The third-order valence-electron chi connectivity index (χ3n) is 5.80. The van der Waals surface area contributed by atoms with Crippen LogP contribution in [-0.4, -0.2) is 12.5 Å². The number of rotatable bonds is 3. The van der Waals surface area contributed by atoms with Crippen molar-refractivity contribution in [1.29, 1.82) is 0 Å². The maximum absolute atomic E-state index is 13.0. The fourth-order valence-corrected chi connectivity index (χ4v) is 5.55. The lowest BCUT2D eigenvalue weighted by Gasteiger charge is -2.34. The number of ether oxygens (including phenoxy) is 1. The molecule has 2 aromatic rings. The van der Waals surface area contributed by atoms with Crippen molar-refractivity contribution in [2.75, 3.05) is 11.9 Å². The highest BCUT2D eigenvalue weighted by Crippen LogP contribution is 2.46. The molecular weight excluding hydrogens is 356 g/mol. The lowest BCUT2D eigenvalue weighted by atomic mass is 9.72. The number of carbonyl (C=O) groups excluding carboxylic acids is 1. The van der Waals surface area contributed by atoms with Gasteiger partial charge in [0.15, 0.2) is 0 Å². The van der Waals surface area contributed by atoms with Gasteiger partial charge in [0.25, 0.3) is 5.91 Å². The first-order valence-electron chi connectivity index (χ1n) is 9.82. The lowest BCUT2D eigenvalue weighted by Crippen LogP contribution is -2.38. The minimum atomic E-state index is -0.258. The third kappa shape index (κ3) is 3.33. The van der Waals surface area contributed by atoms with E-state index in [0.717, 1.165) is 41.1 Å². The van der Waals surface area contributed by atoms with Crippen LogP contribution in [0.2, 0.25) is 0 Å². The van der Waals surface area contributed by atoms with Gasteiger partial charge in [0.05, 0.1) is 12.2 Å². The van der Waals surface area contributed by atoms with Crippen LogP contribution in [0.4, 0.5) is 5.00 Å². The second kappa shape index (κ2) is 6.86. The first-order chi connectivity index (χ1) is 12.9. The number of hydrogen-bond acceptors (Lipinski definition) is 4. The summed E-state index contributed by atoms with van der Waals surface area (Å²) in [4.78, 5) is 14.3. The van der Waals surface area contributed by atoms with Crippen molar-refractivity contribution in [2.45, 2.75) is 53.1 Å². The Balaban J connectivity index is 1.65. The van der Waals surface area contributed by atoms with Crippen molar-refractivity contribution in [3.8, 4) is 5.75 Å². The molecule has 0 bridgehead atoms. The molecule has 0 fully saturated rings. The molecule has 1 aromatic heterocycles. The van der Waals surface area contributed by atoms with E-state index in [4.69, 9.17) is 4.74 Å². The van der Waals surface area contributed by atoms with Crippen LogP contribution in [0.5, 0.6) is 5.75 Å². The van der Waals surface area contributed by atoms with E-state index in [-0.39, 0.29) is 12.1 Å². The number of carbonyl (C=O) groups is 1. The molecule has 5 heteroatoms. The van der Waals surface area contributed by atoms with Crippen LogP contribution >= 0.6 is 11.3 Å². The maximum atomic E-state index is 13.0. The summed E-state index contributed by atoms with van der Waals surface area (Å²) in [5.74, 6) is 1.52. The normalized spacial score (nSPS) is 21.7. The second-order valence-corrected chi connectivity index (χ2v) is 9.64. The monoisotopic (exact) mass is 384 g/mol. The summed E-state index contributed by atoms with van der Waals surface area (Å²) in [5, 5.41) is 7.71. The first kappa shape index (κ1) is 18.4. The summed E-state index contributed by atoms with van der Waals surface area (Å²) >= 11 is 1.77. The van der Waals surface area contributed by atoms with Crippen LogP contribution in [0, 0.1) is 11.3 Å². The van der Waals surface area contributed by atoms with Gasteiger partial charge in [-0.1, -0.05) is 39.0 Å². The topological polar surface area (TPSA) is 50.4 Å². The van der Waals surface area contributed by atoms with Gasteiger partial charge in [0.1, 0.15) is 16.9 Å². The molecule has 1 aromatic carbocycles. The number of amides is 1. The Morgan fingerprint density at radius 1 is 1.22 bits per heavy atom. The Kier molecular flexibility index (Phi) is 4.66. The zero-order valence-corrected chi connectivity index (χ0v) is 17.3. The maximum Gasteiger partial charge on any atom is 0.256 e. The van der Waals surface area contributed by atoms with Gasteiger partial charge >= 0.3 is 0 Å². The summed E-state index contributed by atoms with van der Waals surface area (Å²) in [5.41, 5.74) is 3.40. The molecule has 4 rings (SSSR count). The molecule has 2 heterocycles. The number of fused-ring (bicyclic) bond motifs is 3. The number of hydrogen-bond donors (Lipinski definition) is 2. The van der Waals surface area contributed by atoms with E-state index in [1.54, 1.807) is 11.3 Å². The van der Waals surface area contributed by atoms with Crippen molar-refractivity contribution in [3.63, 3.8) is 0 Å². The van der Waals surface area contributed by atoms with Gasteiger partial charge in [-0.3, -0.25) is 4.79 Å². The van der Waals surface area contributed by atoms with Gasteiger partial charge in [-0.25, -0.2) is 0 Å². The Bertz CT molecular complexity index is 866. The molecule has 1 amide bonds. The Labute approximate surface area is 165 Å². The van der Waals surface area contributed by atoms with Crippen molar-refractivity contribution in [1.82, 2.24) is 5.32 Å². The summed E-state index contributed by atoms with van der Waals surface area (Å²) in [6.45, 7) is 9.54. The number of anilines is 1. The lowest BCUT2D eigenvalue weighted by molar-refractivity contribution is 0.0934. The molecule has 0 saturated heterocycles. The largest absolute Gasteiger partial charge is 0.493 e. The number of thiophene rings is 1. The molecule has 2 unspecified atom stereocenters. The standard InChI is InChI=1S/C22H28N2O2S/c1-5-26-16-9-7-6-8-14(16)19-23-20(25)18-15-11-10-13(22(2,3)4)12-17(15)27-21(18)24-19/h6-9,13,19,24H,5,10-12H2,1-4H3,(H,23,25). The highest BCUT2D eigenvalue weighted by atomic mass is 32.1. The van der Waals surface area contributed by atoms with E-state index in [2.05, 4.69) is 31.4 Å². The predicted octanol–water partition coefficient (Wildman–Crippen LogP) is 5.15. The van der Waals surface area contributed by atoms with E-state index < -0.39 is 0 Å². The van der Waals surface area contributed by atoms with E-state index in [9.17, 15) is 4.79 Å². The highest BCUT2D eigenvalue weighted by molar-refractivity contribution is 7.16. The van der Waals surface area contributed by atoms with Gasteiger partial charge in [-0.15, -0.1) is 11.3 Å². The zero-order valence-electron chi connectivity index (χ0n) is 16.5. The number of nitrogens with one attached hydrogen (secondary N) is 2. The van der Waals surface area contributed by atoms with Gasteiger partial charge in [-0.05, 0) is 49.1 Å². The fourth-order valence-electron chi connectivity index (χ4n) is 4.20. The van der Waals surface area contributed by atoms with Crippen LogP contribution in [0.25, 0.3) is 0 Å². The summed E-state index contributed by atoms with van der Waals surface area (Å²) < 4.78 is 5.76. The summed E-state index contributed by atoms with van der Waals surface area (Å²) in [6, 6.07) is 7.91. The molecule has 1 aliphatic heterocycles. The molecule has 144 valence electrons. The average molecular weight is 385 g/mol. The van der Waals surface area contributed by atoms with Crippen molar-refractivity contribution < 1.29 is 9.53 Å². The van der Waals surface area contributed by atoms with Crippen LogP contribution in [-0.2, 0) is 12.8 Å². The van der Waals surface area contributed by atoms with Crippen LogP contribution < -0.4 is 15.4 Å². The van der Waals surface area contributed by atoms with Crippen LogP contribution in [0.1, 0.15) is 66.6 Å². The van der Waals surface area contributed by atoms with Crippen molar-refractivity contribution in [3.05, 3.63) is 45.8 Å². The van der Waals surface area contributed by atoms with E-state index in [1.165, 1.54) is 10.4 Å². The predicted molar refractivity (Wildman–Crippen MR) is 111 cm³/mol. The molecule has 2 atom stereocenters. The molecule has 2 aliphatic rings. The Morgan fingerprint density at radius 3 is 2.74 bits per heavy atom. The fraction of sp³-hybridized carbons (Fsp3) is 0.500. The average Bonchev–Trinajstić information content (AvgIpc) is 2.99. The van der Waals surface area contributed by atoms with Crippen molar-refractivity contribution >= 4 is 22.2 Å². The SMILES string of the molecule is CCOc1ccccc1C1NC(=O)c2c(sc3c2CCC(C(C)(C)C)C3)N1. The molecule has 0 spiro atoms. The quantitative estimate of drug-likeness (QED) is 0.769. The van der Waals surface area contributed by atoms with E-state index in [0.29, 0.717) is 17.9 Å². The minimum absolute atomic E-state index is 0.0340. The van der Waals surface area contributed by atoms with Gasteiger partial charge in [0, 0.05) is 10.4 Å². The Hall–Kier alpha value is -2.01. The van der Waals surface area contributed by atoms with Crippen LogP contribution in [0.15, 0.2) is 24.3 Å². The highest BCUT2D eigenvalue weighted by Gasteiger charge is 2.36. The first-order valence-corrected chi connectivity index (χ1v) is 10.6. The van der Waals surface area contributed by atoms with Gasteiger partial charge in [0.2, 0.25) is 0 Å². The van der Waals surface area contributed by atoms with Crippen LogP contribution in [0.3, 0.4) is 0 Å². The van der Waals surface area contributed by atoms with Gasteiger partial charge < -0.3 is 15.4 Å². The van der Waals surface area contributed by atoms with Gasteiger partial charge in [-0.2, -0.15) is 0 Å². The molecule has 2 N–H and O–H groups in total. The van der Waals surface area contributed by atoms with E-state index >= 15 is 0 Å². The second-order valence-electron chi connectivity index (χ2n) is 8.54. The molecule has 4 nitrogen and oxygen atoms in total.